The van der Waals surface area contributed by atoms with E-state index in [-0.39, 0.29) is 5.79 Å². The highest BCUT2D eigenvalue weighted by molar-refractivity contribution is 4.71. The number of ether oxygens (including phenoxy) is 2. The summed E-state index contributed by atoms with van der Waals surface area (Å²) in [5, 5.41) is 0. The summed E-state index contributed by atoms with van der Waals surface area (Å²) in [6.45, 7) is 10.8. The monoisotopic (exact) mass is 370 g/mol. The Balaban J connectivity index is 4.44. The van der Waals surface area contributed by atoms with Crippen molar-refractivity contribution in [1.82, 2.24) is 0 Å². The van der Waals surface area contributed by atoms with Crippen LogP contribution in [0.5, 0.6) is 0 Å². The molecule has 0 bridgehead atoms. The molecule has 2 heteroatoms. The molecule has 158 valence electrons. The van der Waals surface area contributed by atoms with Crippen LogP contribution in [-0.4, -0.2) is 19.0 Å². The fourth-order valence-electron chi connectivity index (χ4n) is 3.47. The summed E-state index contributed by atoms with van der Waals surface area (Å²) in [5.74, 6) is -0.305. The van der Waals surface area contributed by atoms with Gasteiger partial charge in [0.2, 0.25) is 0 Å². The lowest BCUT2D eigenvalue weighted by Gasteiger charge is -2.34. The fraction of sp³-hybridized carbons (Fsp3) is 1.00. The summed E-state index contributed by atoms with van der Waals surface area (Å²) < 4.78 is 12.9. The van der Waals surface area contributed by atoms with Gasteiger partial charge in [-0.1, -0.05) is 98.3 Å². The molecule has 2 nitrogen and oxygen atoms in total. The predicted octanol–water partition coefficient (Wildman–Crippen LogP) is 8.43. The minimum absolute atomic E-state index is 0.305. The van der Waals surface area contributed by atoms with Crippen LogP contribution in [0.1, 0.15) is 137 Å². The van der Waals surface area contributed by atoms with Crippen molar-refractivity contribution >= 4 is 0 Å². The third kappa shape index (κ3) is 15.0. The Bertz CT molecular complexity index is 253. The molecule has 0 heterocycles. The maximum atomic E-state index is 6.44. The molecule has 0 aromatic heterocycles. The van der Waals surface area contributed by atoms with Gasteiger partial charge in [0, 0.05) is 12.8 Å². The average molecular weight is 371 g/mol. The van der Waals surface area contributed by atoms with E-state index in [1.165, 1.54) is 96.3 Å². The Hall–Kier alpha value is -0.0800. The molecule has 0 aromatic rings. The third-order valence-electron chi connectivity index (χ3n) is 5.30. The van der Waals surface area contributed by atoms with Gasteiger partial charge in [-0.3, -0.25) is 0 Å². The molecule has 0 N–H and O–H groups in total. The van der Waals surface area contributed by atoms with E-state index in [4.69, 9.17) is 9.47 Å². The molecule has 0 fully saturated rings. The minimum atomic E-state index is -0.305. The van der Waals surface area contributed by atoms with Gasteiger partial charge in [0.1, 0.15) is 0 Å². The van der Waals surface area contributed by atoms with Crippen LogP contribution in [0.3, 0.4) is 0 Å². The quantitative estimate of drug-likeness (QED) is 0.149. The van der Waals surface area contributed by atoms with Crippen LogP contribution in [0.2, 0.25) is 0 Å². The van der Waals surface area contributed by atoms with E-state index in [1.54, 1.807) is 0 Å². The Morgan fingerprint density at radius 2 is 0.808 bits per heavy atom. The van der Waals surface area contributed by atoms with Crippen molar-refractivity contribution in [1.29, 1.82) is 0 Å². The highest BCUT2D eigenvalue weighted by atomic mass is 16.7. The normalized spacial score (nSPS) is 12.0. The number of hydrogen-bond acceptors (Lipinski definition) is 2. The first-order valence-corrected chi connectivity index (χ1v) is 12.0. The molecule has 0 atom stereocenters. The van der Waals surface area contributed by atoms with E-state index in [9.17, 15) is 0 Å². The van der Waals surface area contributed by atoms with Gasteiger partial charge in [-0.2, -0.15) is 0 Å². The van der Waals surface area contributed by atoms with Crippen LogP contribution >= 0.6 is 0 Å². The molecule has 0 rings (SSSR count). The van der Waals surface area contributed by atoms with Gasteiger partial charge in [-0.25, -0.2) is 0 Å². The van der Waals surface area contributed by atoms with Gasteiger partial charge in [0.05, 0.1) is 13.2 Å². The third-order valence-corrected chi connectivity index (χ3v) is 5.30. The van der Waals surface area contributed by atoms with Crippen molar-refractivity contribution in [2.24, 2.45) is 0 Å². The average Bonchev–Trinajstić information content (AvgIpc) is 2.66. The Morgan fingerprint density at radius 1 is 0.423 bits per heavy atom. The van der Waals surface area contributed by atoms with Crippen molar-refractivity contribution in [2.75, 3.05) is 13.2 Å². The number of unbranched alkanes of at least 4 members (excludes halogenated alkanes) is 11. The van der Waals surface area contributed by atoms with Gasteiger partial charge in [0.25, 0.3) is 0 Å². The largest absolute Gasteiger partial charge is 0.350 e. The van der Waals surface area contributed by atoms with Crippen LogP contribution in [0.4, 0.5) is 0 Å². The van der Waals surface area contributed by atoms with Gasteiger partial charge in [0.15, 0.2) is 5.79 Å². The maximum Gasteiger partial charge on any atom is 0.168 e. The standard InChI is InChI=1S/C24H50O2/c1-5-9-13-14-15-16-17-21-24(20-12-8-4,25-22-18-10-6-2)26-23-19-11-7-3/h5-23H2,1-4H3. The van der Waals surface area contributed by atoms with Crippen LogP contribution in [-0.2, 0) is 9.47 Å². The van der Waals surface area contributed by atoms with Gasteiger partial charge < -0.3 is 9.47 Å². The fourth-order valence-corrected chi connectivity index (χ4v) is 3.47. The predicted molar refractivity (Wildman–Crippen MR) is 116 cm³/mol. The van der Waals surface area contributed by atoms with Gasteiger partial charge in [-0.05, 0) is 25.7 Å². The zero-order valence-electron chi connectivity index (χ0n) is 18.8. The molecule has 26 heavy (non-hydrogen) atoms. The zero-order valence-corrected chi connectivity index (χ0v) is 18.8. The maximum absolute atomic E-state index is 6.44. The lowest BCUT2D eigenvalue weighted by atomic mass is 9.99. The van der Waals surface area contributed by atoms with Crippen LogP contribution < -0.4 is 0 Å². The van der Waals surface area contributed by atoms with Crippen molar-refractivity contribution in [2.45, 2.75) is 143 Å². The van der Waals surface area contributed by atoms with Crippen molar-refractivity contribution in [3.8, 4) is 0 Å². The lowest BCUT2D eigenvalue weighted by molar-refractivity contribution is -0.247. The van der Waals surface area contributed by atoms with E-state index in [0.29, 0.717) is 0 Å². The summed E-state index contributed by atoms with van der Waals surface area (Å²) in [6, 6.07) is 0. The van der Waals surface area contributed by atoms with E-state index in [0.717, 1.165) is 26.1 Å². The van der Waals surface area contributed by atoms with Crippen molar-refractivity contribution in [3.05, 3.63) is 0 Å². The van der Waals surface area contributed by atoms with Crippen LogP contribution in [0, 0.1) is 0 Å². The van der Waals surface area contributed by atoms with Gasteiger partial charge >= 0.3 is 0 Å². The summed E-state index contributed by atoms with van der Waals surface area (Å²) in [7, 11) is 0. The molecule has 0 aromatic carbocycles. The van der Waals surface area contributed by atoms with Crippen LogP contribution in [0.15, 0.2) is 0 Å². The lowest BCUT2D eigenvalue weighted by Crippen LogP contribution is -2.37. The SMILES string of the molecule is CCCCCCCCCC(CCCC)(OCCCCC)OCCCCC. The van der Waals surface area contributed by atoms with Crippen molar-refractivity contribution < 1.29 is 9.47 Å². The zero-order chi connectivity index (χ0) is 19.3. The molecule has 0 aliphatic rings. The van der Waals surface area contributed by atoms with Gasteiger partial charge in [-0.15, -0.1) is 0 Å². The number of rotatable bonds is 21. The Labute approximate surface area is 165 Å². The first-order chi connectivity index (χ1) is 12.7. The molecule has 0 amide bonds. The summed E-state index contributed by atoms with van der Waals surface area (Å²) in [5.41, 5.74) is 0. The highest BCUT2D eigenvalue weighted by Crippen LogP contribution is 2.29. The highest BCUT2D eigenvalue weighted by Gasteiger charge is 2.30. The topological polar surface area (TPSA) is 18.5 Å². The second-order valence-electron chi connectivity index (χ2n) is 8.00. The van der Waals surface area contributed by atoms with E-state index < -0.39 is 0 Å². The Kier molecular flexibility index (Phi) is 19.6. The smallest absolute Gasteiger partial charge is 0.168 e. The van der Waals surface area contributed by atoms with Crippen molar-refractivity contribution in [3.63, 3.8) is 0 Å². The summed E-state index contributed by atoms with van der Waals surface area (Å²) >= 11 is 0. The number of hydrogen-bond donors (Lipinski definition) is 0. The van der Waals surface area contributed by atoms with E-state index >= 15 is 0 Å². The molecule has 0 aliphatic heterocycles. The molecule has 0 radical (unpaired) electrons. The first-order valence-electron chi connectivity index (χ1n) is 12.0. The molecular weight excluding hydrogens is 320 g/mol. The van der Waals surface area contributed by atoms with Crippen LogP contribution in [0.25, 0.3) is 0 Å². The molecule has 0 saturated heterocycles. The second kappa shape index (κ2) is 19.7. The molecule has 0 spiro atoms. The van der Waals surface area contributed by atoms with E-state index in [1.807, 2.05) is 0 Å². The minimum Gasteiger partial charge on any atom is -0.350 e. The summed E-state index contributed by atoms with van der Waals surface area (Å²) in [6.07, 6.45) is 21.4. The molecular formula is C24H50O2. The van der Waals surface area contributed by atoms with E-state index in [2.05, 4.69) is 27.7 Å². The molecule has 0 aliphatic carbocycles. The molecule has 0 unspecified atom stereocenters. The summed E-state index contributed by atoms with van der Waals surface area (Å²) in [4.78, 5) is 0. The first kappa shape index (κ1) is 25.9. The molecule has 0 saturated carbocycles. The Morgan fingerprint density at radius 3 is 1.31 bits per heavy atom. The second-order valence-corrected chi connectivity index (χ2v) is 8.00.